The van der Waals surface area contributed by atoms with Gasteiger partial charge in [-0.05, 0) is 55.2 Å². The Hall–Kier alpha value is -2.43. The van der Waals surface area contributed by atoms with Crippen LogP contribution in [0, 0.1) is 12.7 Å². The molecule has 1 fully saturated rings. The van der Waals surface area contributed by atoms with Crippen molar-refractivity contribution in [3.05, 3.63) is 65.5 Å². The van der Waals surface area contributed by atoms with Gasteiger partial charge in [-0.15, -0.1) is 0 Å². The molecule has 0 bridgehead atoms. The lowest BCUT2D eigenvalue weighted by atomic mass is 10.1. The Morgan fingerprint density at radius 2 is 1.70 bits per heavy atom. The molecule has 3 rings (SSSR count). The van der Waals surface area contributed by atoms with Gasteiger partial charge in [0.05, 0.1) is 4.90 Å². The number of piperazine rings is 1. The highest BCUT2D eigenvalue weighted by Gasteiger charge is 2.32. The van der Waals surface area contributed by atoms with E-state index in [0.29, 0.717) is 30.8 Å². The lowest BCUT2D eigenvalue weighted by molar-refractivity contribution is -0.134. The van der Waals surface area contributed by atoms with Crippen LogP contribution in [-0.2, 0) is 14.8 Å². The zero-order valence-electron chi connectivity index (χ0n) is 18.7. The van der Waals surface area contributed by atoms with Crippen molar-refractivity contribution in [1.82, 2.24) is 14.5 Å². The van der Waals surface area contributed by atoms with Gasteiger partial charge in [0.1, 0.15) is 11.9 Å². The maximum absolute atomic E-state index is 13.8. The van der Waals surface area contributed by atoms with Crippen LogP contribution in [0.25, 0.3) is 0 Å². The second kappa shape index (κ2) is 11.1. The third-order valence-electron chi connectivity index (χ3n) is 5.56. The van der Waals surface area contributed by atoms with Gasteiger partial charge >= 0.3 is 0 Å². The average Bonchev–Trinajstić information content (AvgIpc) is 2.83. The maximum atomic E-state index is 13.8. The predicted octanol–water partition coefficient (Wildman–Crippen LogP) is 2.52. The quantitative estimate of drug-likeness (QED) is 0.611. The minimum absolute atomic E-state index is 0.104. The lowest BCUT2D eigenvalue weighted by Crippen LogP contribution is -2.56. The predicted molar refractivity (Wildman–Crippen MR) is 127 cm³/mol. The number of amides is 2. The molecule has 2 aromatic carbocycles. The van der Waals surface area contributed by atoms with Crippen LogP contribution in [0.3, 0.4) is 0 Å². The maximum Gasteiger partial charge on any atom is 0.254 e. The molecule has 0 spiro atoms. The van der Waals surface area contributed by atoms with E-state index in [-0.39, 0.29) is 35.4 Å². The van der Waals surface area contributed by atoms with Crippen LogP contribution in [0.5, 0.6) is 0 Å². The standard InChI is InChI=1S/C23H28FN3O4S2/c1-17-8-9-18(16-20(17)24)22(28)26-11-13-27(14-12-26)23(29)21(10-15-32-2)25-33(30,31)19-6-4-3-5-7-19/h3-9,16,21,25H,10-15H2,1-2H3. The summed E-state index contributed by atoms with van der Waals surface area (Å²) in [4.78, 5) is 29.2. The Morgan fingerprint density at radius 1 is 1.06 bits per heavy atom. The van der Waals surface area contributed by atoms with Gasteiger partial charge in [-0.3, -0.25) is 9.59 Å². The molecule has 1 atom stereocenters. The van der Waals surface area contributed by atoms with Gasteiger partial charge in [0, 0.05) is 31.7 Å². The average molecular weight is 494 g/mol. The highest BCUT2D eigenvalue weighted by molar-refractivity contribution is 7.98. The molecule has 2 aromatic rings. The second-order valence-electron chi connectivity index (χ2n) is 7.85. The van der Waals surface area contributed by atoms with Crippen molar-refractivity contribution in [3.63, 3.8) is 0 Å². The SMILES string of the molecule is CSCCC(NS(=O)(=O)c1ccccc1)C(=O)N1CCN(C(=O)c2ccc(C)c(F)c2)CC1. The third-order valence-corrected chi connectivity index (χ3v) is 7.69. The zero-order valence-corrected chi connectivity index (χ0v) is 20.3. The molecule has 1 N–H and O–H groups in total. The number of rotatable bonds is 8. The number of carbonyl (C=O) groups excluding carboxylic acids is 2. The first-order valence-electron chi connectivity index (χ1n) is 10.6. The van der Waals surface area contributed by atoms with Crippen molar-refractivity contribution in [3.8, 4) is 0 Å². The summed E-state index contributed by atoms with van der Waals surface area (Å²) in [5, 5.41) is 0. The third kappa shape index (κ3) is 6.33. The molecule has 1 heterocycles. The van der Waals surface area contributed by atoms with E-state index in [0.717, 1.165) is 0 Å². The fraction of sp³-hybridized carbons (Fsp3) is 0.391. The fourth-order valence-electron chi connectivity index (χ4n) is 3.58. The van der Waals surface area contributed by atoms with Crippen molar-refractivity contribution in [2.75, 3.05) is 38.2 Å². The fourth-order valence-corrected chi connectivity index (χ4v) is 5.30. The summed E-state index contributed by atoms with van der Waals surface area (Å²) in [6, 6.07) is 11.4. The minimum atomic E-state index is -3.85. The smallest absolute Gasteiger partial charge is 0.254 e. The highest BCUT2D eigenvalue weighted by Crippen LogP contribution is 2.16. The Kier molecular flexibility index (Phi) is 8.50. The second-order valence-corrected chi connectivity index (χ2v) is 10.5. The first-order valence-corrected chi connectivity index (χ1v) is 13.5. The number of nitrogens with zero attached hydrogens (tertiary/aromatic N) is 2. The number of thioether (sulfide) groups is 1. The number of nitrogens with one attached hydrogen (secondary N) is 1. The van der Waals surface area contributed by atoms with E-state index in [1.165, 1.54) is 30.0 Å². The Morgan fingerprint density at radius 3 is 2.30 bits per heavy atom. The van der Waals surface area contributed by atoms with Crippen LogP contribution in [0.1, 0.15) is 22.3 Å². The molecule has 33 heavy (non-hydrogen) atoms. The summed E-state index contributed by atoms with van der Waals surface area (Å²) in [7, 11) is -3.85. The van der Waals surface area contributed by atoms with Crippen molar-refractivity contribution in [2.45, 2.75) is 24.3 Å². The van der Waals surface area contributed by atoms with Crippen LogP contribution in [0.2, 0.25) is 0 Å². The van der Waals surface area contributed by atoms with Crippen LogP contribution in [0.15, 0.2) is 53.4 Å². The van der Waals surface area contributed by atoms with Gasteiger partial charge in [-0.1, -0.05) is 24.3 Å². The zero-order chi connectivity index (χ0) is 24.0. The normalized spacial score (nSPS) is 15.4. The van der Waals surface area contributed by atoms with E-state index >= 15 is 0 Å². The molecule has 2 amide bonds. The summed E-state index contributed by atoms with van der Waals surface area (Å²) in [5.74, 6) is -0.413. The van der Waals surface area contributed by atoms with Gasteiger partial charge < -0.3 is 9.80 Å². The van der Waals surface area contributed by atoms with Crippen LogP contribution in [-0.4, -0.2) is 74.3 Å². The summed E-state index contributed by atoms with van der Waals surface area (Å²) in [6.07, 6.45) is 2.25. The van der Waals surface area contributed by atoms with Crippen molar-refractivity contribution in [2.24, 2.45) is 0 Å². The molecule has 7 nitrogen and oxygen atoms in total. The summed E-state index contributed by atoms with van der Waals surface area (Å²) < 4.78 is 41.9. The topological polar surface area (TPSA) is 86.8 Å². The van der Waals surface area contributed by atoms with Gasteiger partial charge in [0.25, 0.3) is 5.91 Å². The summed E-state index contributed by atoms with van der Waals surface area (Å²) in [5.41, 5.74) is 0.738. The summed E-state index contributed by atoms with van der Waals surface area (Å²) in [6.45, 7) is 2.78. The van der Waals surface area contributed by atoms with Crippen molar-refractivity contribution in [1.29, 1.82) is 0 Å². The number of carbonyl (C=O) groups is 2. The minimum Gasteiger partial charge on any atom is -0.338 e. The molecule has 0 saturated carbocycles. The van der Waals surface area contributed by atoms with Crippen LogP contribution >= 0.6 is 11.8 Å². The van der Waals surface area contributed by atoms with Crippen molar-refractivity contribution < 1.29 is 22.4 Å². The molecule has 1 saturated heterocycles. The van der Waals surface area contributed by atoms with E-state index in [2.05, 4.69) is 4.72 Å². The first kappa shape index (κ1) is 25.2. The lowest BCUT2D eigenvalue weighted by Gasteiger charge is -2.36. The molecule has 0 radical (unpaired) electrons. The molecule has 0 aliphatic carbocycles. The van der Waals surface area contributed by atoms with E-state index in [9.17, 15) is 22.4 Å². The van der Waals surface area contributed by atoms with Gasteiger partial charge in [0.15, 0.2) is 0 Å². The molecule has 10 heteroatoms. The largest absolute Gasteiger partial charge is 0.338 e. The molecule has 1 aliphatic rings. The van der Waals surface area contributed by atoms with Crippen LogP contribution < -0.4 is 4.72 Å². The van der Waals surface area contributed by atoms with Gasteiger partial charge in [-0.25, -0.2) is 12.8 Å². The van der Waals surface area contributed by atoms with E-state index in [4.69, 9.17) is 0 Å². The monoisotopic (exact) mass is 493 g/mol. The van der Waals surface area contributed by atoms with E-state index in [1.807, 2.05) is 6.26 Å². The van der Waals surface area contributed by atoms with Crippen molar-refractivity contribution >= 4 is 33.6 Å². The highest BCUT2D eigenvalue weighted by atomic mass is 32.2. The van der Waals surface area contributed by atoms with E-state index < -0.39 is 21.9 Å². The molecule has 0 aromatic heterocycles. The molecule has 178 valence electrons. The molecule has 1 aliphatic heterocycles. The number of benzene rings is 2. The number of hydrogen-bond acceptors (Lipinski definition) is 5. The molecular formula is C23H28FN3O4S2. The number of hydrogen-bond donors (Lipinski definition) is 1. The van der Waals surface area contributed by atoms with E-state index in [1.54, 1.807) is 47.1 Å². The number of sulfonamides is 1. The Balaban J connectivity index is 1.65. The Bertz CT molecular complexity index is 1090. The molecule has 1 unspecified atom stereocenters. The number of halogens is 1. The number of aryl methyl sites for hydroxylation is 1. The summed E-state index contributed by atoms with van der Waals surface area (Å²) >= 11 is 1.53. The van der Waals surface area contributed by atoms with Gasteiger partial charge in [0.2, 0.25) is 15.9 Å². The van der Waals surface area contributed by atoms with Gasteiger partial charge in [-0.2, -0.15) is 16.5 Å². The Labute approximate surface area is 198 Å². The first-order chi connectivity index (χ1) is 15.7. The molecular weight excluding hydrogens is 465 g/mol. The van der Waals surface area contributed by atoms with Crippen LogP contribution in [0.4, 0.5) is 4.39 Å².